The first-order valence-corrected chi connectivity index (χ1v) is 8.35. The zero-order valence-corrected chi connectivity index (χ0v) is 12.0. The highest BCUT2D eigenvalue weighted by Crippen LogP contribution is 2.27. The van der Waals surface area contributed by atoms with E-state index in [0.29, 0.717) is 25.2 Å². The van der Waals surface area contributed by atoms with Crippen LogP contribution in [0.25, 0.3) is 0 Å². The molecule has 0 amide bonds. The van der Waals surface area contributed by atoms with Crippen LogP contribution in [0.5, 0.6) is 0 Å². The Morgan fingerprint density at radius 1 is 1.25 bits per heavy atom. The summed E-state index contributed by atoms with van der Waals surface area (Å²) in [5.74, 6) is 0.329. The predicted octanol–water partition coefficient (Wildman–Crippen LogP) is 0.775. The molecule has 3 rings (SSSR count). The molecule has 0 aliphatic heterocycles. The third-order valence-corrected chi connectivity index (χ3v) is 5.77. The summed E-state index contributed by atoms with van der Waals surface area (Å²) in [5.41, 5.74) is 2.27. The molecule has 0 saturated heterocycles. The van der Waals surface area contributed by atoms with Crippen molar-refractivity contribution in [3.05, 3.63) is 41.2 Å². The number of nitrogens with zero attached hydrogens (tertiary/aromatic N) is 4. The van der Waals surface area contributed by atoms with Gasteiger partial charge in [0.15, 0.2) is 15.7 Å². The number of tetrazole rings is 1. The van der Waals surface area contributed by atoms with Gasteiger partial charge in [-0.15, -0.1) is 5.10 Å². The molecule has 0 fully saturated rings. The Labute approximate surface area is 117 Å². The topological polar surface area (TPSA) is 77.7 Å². The van der Waals surface area contributed by atoms with Gasteiger partial charge in [0, 0.05) is 6.54 Å². The summed E-state index contributed by atoms with van der Waals surface area (Å²) in [6, 6.07) is 7.90. The zero-order valence-electron chi connectivity index (χ0n) is 11.2. The maximum atomic E-state index is 12.5. The van der Waals surface area contributed by atoms with Gasteiger partial charge in [-0.2, -0.15) is 0 Å². The lowest BCUT2D eigenvalue weighted by Gasteiger charge is -2.10. The van der Waals surface area contributed by atoms with Crippen molar-refractivity contribution in [3.63, 3.8) is 0 Å². The Kier molecular flexibility index (Phi) is 3.29. The Balaban J connectivity index is 1.81. The lowest BCUT2D eigenvalue weighted by Crippen LogP contribution is -2.25. The van der Waals surface area contributed by atoms with E-state index in [1.54, 1.807) is 0 Å². The minimum absolute atomic E-state index is 0.0908. The molecule has 106 valence electrons. The third-order valence-electron chi connectivity index (χ3n) is 3.76. The minimum atomic E-state index is -3.25. The van der Waals surface area contributed by atoms with Crippen molar-refractivity contribution in [2.75, 3.05) is 0 Å². The summed E-state index contributed by atoms with van der Waals surface area (Å²) in [5, 5.41) is 10.8. The van der Waals surface area contributed by atoms with Crippen LogP contribution in [0.3, 0.4) is 0 Å². The van der Waals surface area contributed by atoms with Gasteiger partial charge in [-0.25, -0.2) is 13.1 Å². The van der Waals surface area contributed by atoms with Gasteiger partial charge in [0.25, 0.3) is 0 Å². The first kappa shape index (κ1) is 13.2. The van der Waals surface area contributed by atoms with Gasteiger partial charge >= 0.3 is 0 Å². The fourth-order valence-electron chi connectivity index (χ4n) is 2.64. The molecule has 1 aromatic heterocycles. The van der Waals surface area contributed by atoms with E-state index in [1.807, 2.05) is 31.2 Å². The first-order valence-electron chi connectivity index (χ1n) is 6.63. The number of hydrogen-bond donors (Lipinski definition) is 0. The Morgan fingerprint density at radius 3 is 2.50 bits per heavy atom. The number of hydrogen-bond acceptors (Lipinski definition) is 5. The van der Waals surface area contributed by atoms with Crippen molar-refractivity contribution in [2.45, 2.75) is 37.3 Å². The van der Waals surface area contributed by atoms with Gasteiger partial charge in [0.2, 0.25) is 0 Å². The van der Waals surface area contributed by atoms with Gasteiger partial charge in [-0.1, -0.05) is 24.3 Å². The van der Waals surface area contributed by atoms with Crippen LogP contribution in [0.1, 0.15) is 23.9 Å². The fourth-order valence-corrected chi connectivity index (χ4v) is 4.31. The van der Waals surface area contributed by atoms with Crippen molar-refractivity contribution in [1.29, 1.82) is 0 Å². The van der Waals surface area contributed by atoms with Crippen LogP contribution < -0.4 is 0 Å². The lowest BCUT2D eigenvalue weighted by atomic mass is 10.1. The maximum absolute atomic E-state index is 12.5. The van der Waals surface area contributed by atoms with E-state index in [9.17, 15) is 8.42 Å². The number of sulfone groups is 1. The van der Waals surface area contributed by atoms with E-state index in [0.717, 1.165) is 11.1 Å². The summed E-state index contributed by atoms with van der Waals surface area (Å²) in [4.78, 5) is 0. The van der Waals surface area contributed by atoms with Crippen molar-refractivity contribution < 1.29 is 8.42 Å². The molecular formula is C13H16N4O2S. The SMILES string of the molecule is CCn1nnnc1CS(=O)(=O)C1Cc2ccccc2C1. The van der Waals surface area contributed by atoms with Crippen LogP contribution in [-0.2, 0) is 35.0 Å². The highest BCUT2D eigenvalue weighted by Gasteiger charge is 2.33. The molecule has 0 atom stereocenters. The molecule has 6 nitrogen and oxygen atoms in total. The van der Waals surface area contributed by atoms with Gasteiger partial charge in [0.05, 0.1) is 5.25 Å². The van der Waals surface area contributed by atoms with Crippen molar-refractivity contribution in [2.24, 2.45) is 0 Å². The van der Waals surface area contributed by atoms with Crippen LogP contribution in [0.4, 0.5) is 0 Å². The van der Waals surface area contributed by atoms with Crippen molar-refractivity contribution in [1.82, 2.24) is 20.2 Å². The van der Waals surface area contributed by atoms with E-state index in [1.165, 1.54) is 4.68 Å². The van der Waals surface area contributed by atoms with E-state index < -0.39 is 9.84 Å². The maximum Gasteiger partial charge on any atom is 0.166 e. The number of fused-ring (bicyclic) bond motifs is 1. The van der Waals surface area contributed by atoms with Gasteiger partial charge < -0.3 is 0 Å². The third kappa shape index (κ3) is 2.33. The predicted molar refractivity (Wildman–Crippen MR) is 73.8 cm³/mol. The summed E-state index contributed by atoms with van der Waals surface area (Å²) >= 11 is 0. The number of aryl methyl sites for hydroxylation is 1. The molecule has 7 heteroatoms. The molecule has 0 bridgehead atoms. The molecular weight excluding hydrogens is 276 g/mol. The van der Waals surface area contributed by atoms with E-state index in [4.69, 9.17) is 0 Å². The molecule has 0 spiro atoms. The Morgan fingerprint density at radius 2 is 1.90 bits per heavy atom. The van der Waals surface area contributed by atoms with Crippen LogP contribution in [0.15, 0.2) is 24.3 Å². The summed E-state index contributed by atoms with van der Waals surface area (Å²) in [6.45, 7) is 2.46. The molecule has 0 radical (unpaired) electrons. The second-order valence-electron chi connectivity index (χ2n) is 5.02. The van der Waals surface area contributed by atoms with Crippen molar-refractivity contribution >= 4 is 9.84 Å². The first-order chi connectivity index (χ1) is 9.60. The molecule has 0 saturated carbocycles. The van der Waals surface area contributed by atoms with Crippen LogP contribution >= 0.6 is 0 Å². The molecule has 20 heavy (non-hydrogen) atoms. The second kappa shape index (κ2) is 4.97. The Hall–Kier alpha value is -1.76. The fraction of sp³-hybridized carbons (Fsp3) is 0.462. The number of benzene rings is 1. The molecule has 1 heterocycles. The van der Waals surface area contributed by atoms with Gasteiger partial charge in [-0.3, -0.25) is 0 Å². The quantitative estimate of drug-likeness (QED) is 0.832. The lowest BCUT2D eigenvalue weighted by molar-refractivity contribution is 0.569. The molecule has 2 aromatic rings. The van der Waals surface area contributed by atoms with Crippen molar-refractivity contribution in [3.8, 4) is 0 Å². The molecule has 1 aromatic carbocycles. The van der Waals surface area contributed by atoms with Crippen LogP contribution in [0, 0.1) is 0 Å². The normalized spacial score (nSPS) is 15.4. The standard InChI is InChI=1S/C13H16N4O2S/c1-2-17-13(14-15-16-17)9-20(18,19)12-7-10-5-3-4-6-11(10)8-12/h3-6,12H,2,7-9H2,1H3. The summed E-state index contributed by atoms with van der Waals surface area (Å²) in [7, 11) is -3.25. The average molecular weight is 292 g/mol. The number of aromatic nitrogens is 4. The van der Waals surface area contributed by atoms with E-state index in [2.05, 4.69) is 15.5 Å². The molecule has 0 N–H and O–H groups in total. The monoisotopic (exact) mass is 292 g/mol. The van der Waals surface area contributed by atoms with Gasteiger partial charge in [-0.05, 0) is 41.3 Å². The van der Waals surface area contributed by atoms with Crippen LogP contribution in [-0.4, -0.2) is 33.9 Å². The second-order valence-corrected chi connectivity index (χ2v) is 7.30. The van der Waals surface area contributed by atoms with Gasteiger partial charge in [0.1, 0.15) is 5.75 Å². The zero-order chi connectivity index (χ0) is 14.2. The molecule has 0 unspecified atom stereocenters. The highest BCUT2D eigenvalue weighted by atomic mass is 32.2. The Bertz CT molecular complexity index is 698. The largest absolute Gasteiger partial charge is 0.229 e. The number of rotatable bonds is 4. The van der Waals surface area contributed by atoms with E-state index in [-0.39, 0.29) is 11.0 Å². The molecule has 1 aliphatic rings. The summed E-state index contributed by atoms with van der Waals surface area (Å²) in [6.07, 6.45) is 1.18. The average Bonchev–Trinajstić information content (AvgIpc) is 3.04. The smallest absolute Gasteiger partial charge is 0.166 e. The molecule has 1 aliphatic carbocycles. The van der Waals surface area contributed by atoms with E-state index >= 15 is 0 Å². The van der Waals surface area contributed by atoms with Crippen LogP contribution in [0.2, 0.25) is 0 Å². The highest BCUT2D eigenvalue weighted by molar-refractivity contribution is 7.91. The minimum Gasteiger partial charge on any atom is -0.229 e. The summed E-state index contributed by atoms with van der Waals surface area (Å²) < 4.78 is 26.6.